The van der Waals surface area contributed by atoms with Crippen molar-refractivity contribution < 1.29 is 9.53 Å². The number of hydrogen-bond donors (Lipinski definition) is 1. The van der Waals surface area contributed by atoms with E-state index in [2.05, 4.69) is 10.2 Å². The molecule has 22 heavy (non-hydrogen) atoms. The van der Waals surface area contributed by atoms with Crippen molar-refractivity contribution in [1.82, 2.24) is 10.2 Å². The Kier molecular flexibility index (Phi) is 5.29. The number of amides is 1. The molecule has 0 spiro atoms. The molecule has 5 nitrogen and oxygen atoms in total. The van der Waals surface area contributed by atoms with Crippen LogP contribution in [-0.4, -0.2) is 56.7 Å². The molecule has 0 aromatic heterocycles. The lowest BCUT2D eigenvalue weighted by molar-refractivity contribution is -0.118. The summed E-state index contributed by atoms with van der Waals surface area (Å²) in [6.07, 6.45) is 3.75. The highest BCUT2D eigenvalue weighted by molar-refractivity contribution is 5.95. The number of ether oxygens (including phenoxy) is 1. The number of hydrogen-bond acceptors (Lipinski definition) is 4. The van der Waals surface area contributed by atoms with Gasteiger partial charge in [0.05, 0.1) is 13.2 Å². The zero-order valence-corrected chi connectivity index (χ0v) is 13.1. The Morgan fingerprint density at radius 3 is 2.59 bits per heavy atom. The molecule has 2 aliphatic heterocycles. The Hall–Kier alpha value is -1.59. The van der Waals surface area contributed by atoms with Crippen molar-refractivity contribution in [2.75, 3.05) is 50.8 Å². The molecule has 120 valence electrons. The van der Waals surface area contributed by atoms with Crippen molar-refractivity contribution in [3.05, 3.63) is 24.3 Å². The summed E-state index contributed by atoms with van der Waals surface area (Å²) in [4.78, 5) is 16.2. The molecule has 0 atom stereocenters. The van der Waals surface area contributed by atoms with Gasteiger partial charge >= 0.3 is 0 Å². The van der Waals surface area contributed by atoms with Gasteiger partial charge in [-0.3, -0.25) is 4.79 Å². The number of piperazine rings is 1. The Balaban J connectivity index is 1.43. The second kappa shape index (κ2) is 7.61. The molecule has 2 aliphatic rings. The Morgan fingerprint density at radius 2 is 1.86 bits per heavy atom. The predicted molar refractivity (Wildman–Crippen MR) is 87.5 cm³/mol. The number of rotatable bonds is 6. The van der Waals surface area contributed by atoms with Gasteiger partial charge < -0.3 is 19.9 Å². The van der Waals surface area contributed by atoms with Gasteiger partial charge in [0.2, 0.25) is 5.91 Å². The Bertz CT molecular complexity index is 483. The summed E-state index contributed by atoms with van der Waals surface area (Å²) in [5.41, 5.74) is 0.955. The largest absolute Gasteiger partial charge is 0.494 e. The van der Waals surface area contributed by atoms with E-state index in [4.69, 9.17) is 4.74 Å². The molecule has 0 radical (unpaired) electrons. The van der Waals surface area contributed by atoms with Crippen LogP contribution >= 0.6 is 0 Å². The smallest absolute Gasteiger partial charge is 0.240 e. The number of carbonyl (C=O) groups is 1. The lowest BCUT2D eigenvalue weighted by atomic mass is 10.2. The molecule has 0 saturated carbocycles. The summed E-state index contributed by atoms with van der Waals surface area (Å²) >= 11 is 0. The SMILES string of the molecule is O=C1CNCCN1c1ccc(OCCCN2CCCC2)cc1. The molecule has 0 bridgehead atoms. The summed E-state index contributed by atoms with van der Waals surface area (Å²) in [6, 6.07) is 7.86. The van der Waals surface area contributed by atoms with Gasteiger partial charge in [-0.05, 0) is 56.6 Å². The van der Waals surface area contributed by atoms with Crippen molar-refractivity contribution in [3.63, 3.8) is 0 Å². The van der Waals surface area contributed by atoms with E-state index in [1.165, 1.54) is 25.9 Å². The van der Waals surface area contributed by atoms with Crippen LogP contribution in [0.5, 0.6) is 5.75 Å². The minimum atomic E-state index is 0.130. The second-order valence-electron chi connectivity index (χ2n) is 5.97. The quantitative estimate of drug-likeness (QED) is 0.809. The van der Waals surface area contributed by atoms with Gasteiger partial charge in [0, 0.05) is 25.3 Å². The maximum absolute atomic E-state index is 11.8. The van der Waals surface area contributed by atoms with Crippen LogP contribution < -0.4 is 15.0 Å². The van der Waals surface area contributed by atoms with Crippen molar-refractivity contribution in [2.45, 2.75) is 19.3 Å². The second-order valence-corrected chi connectivity index (χ2v) is 5.97. The van der Waals surface area contributed by atoms with Crippen LogP contribution in [0.4, 0.5) is 5.69 Å². The van der Waals surface area contributed by atoms with Gasteiger partial charge in [-0.15, -0.1) is 0 Å². The zero-order valence-electron chi connectivity index (χ0n) is 13.1. The highest BCUT2D eigenvalue weighted by atomic mass is 16.5. The van der Waals surface area contributed by atoms with E-state index in [0.717, 1.165) is 44.1 Å². The molecule has 2 fully saturated rings. The fourth-order valence-corrected chi connectivity index (χ4v) is 3.09. The number of carbonyl (C=O) groups excluding carboxylic acids is 1. The minimum absolute atomic E-state index is 0.130. The highest BCUT2D eigenvalue weighted by Crippen LogP contribution is 2.20. The molecule has 1 amide bonds. The topological polar surface area (TPSA) is 44.8 Å². The lowest BCUT2D eigenvalue weighted by Gasteiger charge is -2.27. The Morgan fingerprint density at radius 1 is 1.09 bits per heavy atom. The fraction of sp³-hybridized carbons (Fsp3) is 0.588. The predicted octanol–water partition coefficient (Wildman–Crippen LogP) is 1.49. The highest BCUT2D eigenvalue weighted by Gasteiger charge is 2.18. The minimum Gasteiger partial charge on any atom is -0.494 e. The molecule has 0 unspecified atom stereocenters. The maximum Gasteiger partial charge on any atom is 0.240 e. The molecule has 1 N–H and O–H groups in total. The first kappa shape index (κ1) is 15.3. The molecular formula is C17H25N3O2. The first-order valence-corrected chi connectivity index (χ1v) is 8.29. The molecule has 3 rings (SSSR count). The number of benzene rings is 1. The summed E-state index contributed by atoms with van der Waals surface area (Å²) in [5.74, 6) is 1.01. The van der Waals surface area contributed by atoms with Crippen molar-refractivity contribution >= 4 is 11.6 Å². The lowest BCUT2D eigenvalue weighted by Crippen LogP contribution is -2.48. The van der Waals surface area contributed by atoms with Crippen molar-refractivity contribution in [2.24, 2.45) is 0 Å². The van der Waals surface area contributed by atoms with Gasteiger partial charge in [-0.2, -0.15) is 0 Å². The third-order valence-corrected chi connectivity index (χ3v) is 4.32. The first-order chi connectivity index (χ1) is 10.8. The van der Waals surface area contributed by atoms with Gasteiger partial charge in [0.1, 0.15) is 5.75 Å². The molecule has 1 aromatic rings. The van der Waals surface area contributed by atoms with E-state index in [1.54, 1.807) is 0 Å². The van der Waals surface area contributed by atoms with E-state index < -0.39 is 0 Å². The maximum atomic E-state index is 11.8. The summed E-state index contributed by atoms with van der Waals surface area (Å²) in [7, 11) is 0. The summed E-state index contributed by atoms with van der Waals surface area (Å²) < 4.78 is 5.79. The van der Waals surface area contributed by atoms with Crippen LogP contribution in [0.1, 0.15) is 19.3 Å². The number of anilines is 1. The van der Waals surface area contributed by atoms with E-state index in [9.17, 15) is 4.79 Å². The summed E-state index contributed by atoms with van der Waals surface area (Å²) in [6.45, 7) is 6.38. The third kappa shape index (κ3) is 3.99. The van der Waals surface area contributed by atoms with Gasteiger partial charge in [-0.25, -0.2) is 0 Å². The van der Waals surface area contributed by atoms with Crippen LogP contribution in [-0.2, 0) is 4.79 Å². The van der Waals surface area contributed by atoms with Crippen molar-refractivity contribution in [3.8, 4) is 5.75 Å². The van der Waals surface area contributed by atoms with Crippen molar-refractivity contribution in [1.29, 1.82) is 0 Å². The fourth-order valence-electron chi connectivity index (χ4n) is 3.09. The van der Waals surface area contributed by atoms with E-state index in [0.29, 0.717) is 6.54 Å². The summed E-state index contributed by atoms with van der Waals surface area (Å²) in [5, 5.41) is 3.08. The zero-order chi connectivity index (χ0) is 15.2. The average Bonchev–Trinajstić information content (AvgIpc) is 3.06. The van der Waals surface area contributed by atoms with Gasteiger partial charge in [0.15, 0.2) is 0 Å². The van der Waals surface area contributed by atoms with E-state index in [-0.39, 0.29) is 5.91 Å². The van der Waals surface area contributed by atoms with Crippen LogP contribution in [0, 0.1) is 0 Å². The van der Waals surface area contributed by atoms with Crippen LogP contribution in [0.25, 0.3) is 0 Å². The molecule has 2 heterocycles. The standard InChI is InChI=1S/C17H25N3O2/c21-17-14-18-8-12-20(17)15-4-6-16(7-5-15)22-13-3-11-19-9-1-2-10-19/h4-7,18H,1-3,8-14H2. The number of nitrogens with one attached hydrogen (secondary N) is 1. The molecule has 0 aliphatic carbocycles. The van der Waals surface area contributed by atoms with E-state index >= 15 is 0 Å². The average molecular weight is 303 g/mol. The van der Waals surface area contributed by atoms with Crippen LogP contribution in [0.3, 0.4) is 0 Å². The monoisotopic (exact) mass is 303 g/mol. The normalized spacial score (nSPS) is 19.6. The Labute approximate surface area is 132 Å². The molecular weight excluding hydrogens is 278 g/mol. The van der Waals surface area contributed by atoms with Crippen LogP contribution in [0.2, 0.25) is 0 Å². The molecule has 1 aromatic carbocycles. The van der Waals surface area contributed by atoms with Crippen LogP contribution in [0.15, 0.2) is 24.3 Å². The number of nitrogens with zero attached hydrogens (tertiary/aromatic N) is 2. The number of likely N-dealkylation sites (tertiary alicyclic amines) is 1. The first-order valence-electron chi connectivity index (χ1n) is 8.29. The van der Waals surface area contributed by atoms with Gasteiger partial charge in [-0.1, -0.05) is 0 Å². The van der Waals surface area contributed by atoms with E-state index in [1.807, 2.05) is 29.2 Å². The molecule has 2 saturated heterocycles. The van der Waals surface area contributed by atoms with Gasteiger partial charge in [0.25, 0.3) is 0 Å². The third-order valence-electron chi connectivity index (χ3n) is 4.32. The molecule has 5 heteroatoms.